The normalized spacial score (nSPS) is 11.0. The van der Waals surface area contributed by atoms with Gasteiger partial charge in [0.05, 0.1) is 6.61 Å². The van der Waals surface area contributed by atoms with Crippen molar-refractivity contribution >= 4 is 33.6 Å². The van der Waals surface area contributed by atoms with Gasteiger partial charge < -0.3 is 9.15 Å². The molecule has 0 fully saturated rings. The predicted molar refractivity (Wildman–Crippen MR) is 64.3 cm³/mol. The summed E-state index contributed by atoms with van der Waals surface area (Å²) < 4.78 is 11.9. The van der Waals surface area contributed by atoms with E-state index in [9.17, 15) is 0 Å². The smallest absolute Gasteiger partial charge is 0.170 e. The summed E-state index contributed by atoms with van der Waals surface area (Å²) in [6.07, 6.45) is 0. The molecule has 0 bridgehead atoms. The summed E-state index contributed by atoms with van der Waals surface area (Å²) in [7, 11) is 0. The largest absolute Gasteiger partial charge is 0.450 e. The van der Waals surface area contributed by atoms with Crippen molar-refractivity contribution in [1.29, 1.82) is 0 Å². The number of ether oxygens (including phenoxy) is 1. The molecule has 0 saturated heterocycles. The van der Waals surface area contributed by atoms with Crippen LogP contribution in [-0.4, -0.2) is 6.61 Å². The van der Waals surface area contributed by atoms with Crippen LogP contribution < -0.4 is 0 Å². The average molecular weight is 302 g/mol. The van der Waals surface area contributed by atoms with Crippen LogP contribution in [0.15, 0.2) is 28.7 Å². The van der Waals surface area contributed by atoms with Gasteiger partial charge in [-0.3, -0.25) is 0 Å². The lowest BCUT2D eigenvalue weighted by Gasteiger charge is -1.98. The Bertz CT molecular complexity index is 434. The monoisotopic (exact) mass is 302 g/mol. The zero-order valence-electron chi connectivity index (χ0n) is 7.92. The SMILES string of the molecule is CCOCc1c(I)oc2ccccc12. The molecule has 2 aromatic rings. The molecule has 0 atom stereocenters. The van der Waals surface area contributed by atoms with Crippen molar-refractivity contribution in [1.82, 2.24) is 0 Å². The fourth-order valence-corrected chi connectivity index (χ4v) is 2.09. The minimum absolute atomic E-state index is 0.631. The lowest BCUT2D eigenvalue weighted by Crippen LogP contribution is -1.91. The van der Waals surface area contributed by atoms with Crippen LogP contribution in [0.5, 0.6) is 0 Å². The Labute approximate surface area is 96.4 Å². The molecule has 74 valence electrons. The molecule has 0 N–H and O–H groups in total. The third-order valence-corrected chi connectivity index (χ3v) is 2.97. The van der Waals surface area contributed by atoms with Crippen LogP contribution in [0.3, 0.4) is 0 Å². The van der Waals surface area contributed by atoms with Crippen molar-refractivity contribution < 1.29 is 9.15 Å². The number of para-hydroxylation sites is 1. The molecule has 3 heteroatoms. The molecule has 14 heavy (non-hydrogen) atoms. The molecule has 0 spiro atoms. The van der Waals surface area contributed by atoms with Crippen LogP contribution >= 0.6 is 22.6 Å². The van der Waals surface area contributed by atoms with Crippen molar-refractivity contribution in [3.8, 4) is 0 Å². The fraction of sp³-hybridized carbons (Fsp3) is 0.273. The van der Waals surface area contributed by atoms with E-state index in [1.165, 1.54) is 0 Å². The second-order valence-corrected chi connectivity index (χ2v) is 3.97. The van der Waals surface area contributed by atoms with Gasteiger partial charge in [-0.1, -0.05) is 18.2 Å². The van der Waals surface area contributed by atoms with E-state index in [-0.39, 0.29) is 0 Å². The van der Waals surface area contributed by atoms with E-state index in [2.05, 4.69) is 28.7 Å². The molecule has 2 nitrogen and oxygen atoms in total. The Balaban J connectivity index is 2.45. The predicted octanol–water partition coefficient (Wildman–Crippen LogP) is 3.57. The maximum atomic E-state index is 5.60. The molecule has 0 unspecified atom stereocenters. The van der Waals surface area contributed by atoms with Gasteiger partial charge in [0.1, 0.15) is 5.58 Å². The molecular formula is C11H11IO2. The highest BCUT2D eigenvalue weighted by Gasteiger charge is 2.10. The Hall–Kier alpha value is -0.550. The van der Waals surface area contributed by atoms with Crippen molar-refractivity contribution in [3.63, 3.8) is 0 Å². The van der Waals surface area contributed by atoms with E-state index < -0.39 is 0 Å². The Kier molecular flexibility index (Phi) is 3.08. The number of benzene rings is 1. The fourth-order valence-electron chi connectivity index (χ4n) is 1.41. The maximum absolute atomic E-state index is 5.60. The first-order valence-electron chi connectivity index (χ1n) is 4.56. The summed E-state index contributed by atoms with van der Waals surface area (Å²) in [6, 6.07) is 8.04. The summed E-state index contributed by atoms with van der Waals surface area (Å²) in [5, 5.41) is 1.16. The molecule has 0 saturated carbocycles. The standard InChI is InChI=1S/C11H11IO2/c1-2-13-7-9-8-5-3-4-6-10(8)14-11(9)12/h3-6H,2,7H2,1H3. The van der Waals surface area contributed by atoms with Crippen LogP contribution in [0, 0.1) is 3.77 Å². The lowest BCUT2D eigenvalue weighted by atomic mass is 10.2. The van der Waals surface area contributed by atoms with Gasteiger partial charge in [0.15, 0.2) is 3.77 Å². The highest BCUT2D eigenvalue weighted by Crippen LogP contribution is 2.27. The molecule has 1 aromatic carbocycles. The molecular weight excluding hydrogens is 291 g/mol. The van der Waals surface area contributed by atoms with E-state index in [1.807, 2.05) is 25.1 Å². The minimum atomic E-state index is 0.631. The van der Waals surface area contributed by atoms with E-state index in [4.69, 9.17) is 9.15 Å². The van der Waals surface area contributed by atoms with E-state index >= 15 is 0 Å². The summed E-state index contributed by atoms with van der Waals surface area (Å²) in [5.74, 6) is 0. The minimum Gasteiger partial charge on any atom is -0.450 e. The molecule has 1 heterocycles. The summed E-state index contributed by atoms with van der Waals surface area (Å²) in [4.78, 5) is 0. The van der Waals surface area contributed by atoms with Gasteiger partial charge in [-0.25, -0.2) is 0 Å². The lowest BCUT2D eigenvalue weighted by molar-refractivity contribution is 0.133. The summed E-state index contributed by atoms with van der Waals surface area (Å²) in [6.45, 7) is 3.36. The Morgan fingerprint density at radius 3 is 2.93 bits per heavy atom. The zero-order valence-corrected chi connectivity index (χ0v) is 10.1. The molecule has 0 aliphatic heterocycles. The number of fused-ring (bicyclic) bond motifs is 1. The molecule has 1 aromatic heterocycles. The summed E-state index contributed by atoms with van der Waals surface area (Å²) in [5.41, 5.74) is 2.09. The van der Waals surface area contributed by atoms with Gasteiger partial charge in [-0.05, 0) is 13.0 Å². The number of hydrogen-bond donors (Lipinski definition) is 0. The molecule has 0 amide bonds. The van der Waals surface area contributed by atoms with Crippen LogP contribution in [0.4, 0.5) is 0 Å². The van der Waals surface area contributed by atoms with Gasteiger partial charge in [0.25, 0.3) is 0 Å². The quantitative estimate of drug-likeness (QED) is 0.809. The summed E-state index contributed by atoms with van der Waals surface area (Å²) >= 11 is 2.21. The average Bonchev–Trinajstić information content (AvgIpc) is 2.51. The highest BCUT2D eigenvalue weighted by atomic mass is 127. The first-order chi connectivity index (χ1) is 6.83. The maximum Gasteiger partial charge on any atom is 0.170 e. The number of rotatable bonds is 3. The third-order valence-electron chi connectivity index (χ3n) is 2.10. The Morgan fingerprint density at radius 2 is 2.14 bits per heavy atom. The van der Waals surface area contributed by atoms with Crippen molar-refractivity contribution in [2.75, 3.05) is 6.61 Å². The van der Waals surface area contributed by atoms with E-state index in [0.29, 0.717) is 6.61 Å². The first kappa shape index (κ1) is 9.98. The van der Waals surface area contributed by atoms with Crippen molar-refractivity contribution in [2.24, 2.45) is 0 Å². The topological polar surface area (TPSA) is 22.4 Å². The van der Waals surface area contributed by atoms with E-state index in [1.54, 1.807) is 0 Å². The second kappa shape index (κ2) is 4.31. The highest BCUT2D eigenvalue weighted by molar-refractivity contribution is 14.1. The van der Waals surface area contributed by atoms with Crippen LogP contribution in [0.1, 0.15) is 12.5 Å². The van der Waals surface area contributed by atoms with Gasteiger partial charge in [0, 0.05) is 40.1 Å². The molecule has 2 rings (SSSR count). The van der Waals surface area contributed by atoms with Crippen LogP contribution in [0.2, 0.25) is 0 Å². The second-order valence-electron chi connectivity index (χ2n) is 2.99. The molecule has 0 aliphatic rings. The van der Waals surface area contributed by atoms with Crippen LogP contribution in [-0.2, 0) is 11.3 Å². The van der Waals surface area contributed by atoms with Crippen molar-refractivity contribution in [3.05, 3.63) is 33.6 Å². The van der Waals surface area contributed by atoms with E-state index in [0.717, 1.165) is 26.9 Å². The number of furan rings is 1. The van der Waals surface area contributed by atoms with Gasteiger partial charge >= 0.3 is 0 Å². The van der Waals surface area contributed by atoms with Gasteiger partial charge in [0.2, 0.25) is 0 Å². The molecule has 0 aliphatic carbocycles. The third kappa shape index (κ3) is 1.79. The van der Waals surface area contributed by atoms with Crippen LogP contribution in [0.25, 0.3) is 11.0 Å². The number of halogens is 1. The van der Waals surface area contributed by atoms with Gasteiger partial charge in [-0.2, -0.15) is 0 Å². The Morgan fingerprint density at radius 1 is 1.36 bits per heavy atom. The zero-order chi connectivity index (χ0) is 9.97. The number of hydrogen-bond acceptors (Lipinski definition) is 2. The molecule has 0 radical (unpaired) electrons. The van der Waals surface area contributed by atoms with Crippen molar-refractivity contribution in [2.45, 2.75) is 13.5 Å². The first-order valence-corrected chi connectivity index (χ1v) is 5.64. The van der Waals surface area contributed by atoms with Gasteiger partial charge in [-0.15, -0.1) is 0 Å².